The van der Waals surface area contributed by atoms with Gasteiger partial charge in [0.2, 0.25) is 0 Å². The molecule has 16 heteroatoms. The number of nitrogens with two attached hydrogens (primary N) is 2. The summed E-state index contributed by atoms with van der Waals surface area (Å²) in [6.07, 6.45) is 5.72. The lowest BCUT2D eigenvalue weighted by Gasteiger charge is -2.49. The van der Waals surface area contributed by atoms with Crippen LogP contribution in [-0.4, -0.2) is 79.5 Å². The molecule has 39 heavy (non-hydrogen) atoms. The number of β-lactam (4-membered cyclic amide) rings is 1. The highest BCUT2D eigenvalue weighted by molar-refractivity contribution is 8.00. The molecule has 1 fully saturated rings. The Kier molecular flexibility index (Phi) is 7.79. The maximum absolute atomic E-state index is 13.1. The van der Waals surface area contributed by atoms with E-state index < -0.39 is 29.2 Å². The number of aromatic nitrogens is 3. The molecule has 0 aliphatic carbocycles. The Morgan fingerprint density at radius 2 is 2.23 bits per heavy atom. The Morgan fingerprint density at radius 1 is 1.41 bits per heavy atom. The fourth-order valence-electron chi connectivity index (χ4n) is 4.38. The molecule has 13 nitrogen and oxygen atoms in total. The van der Waals surface area contributed by atoms with E-state index in [0.29, 0.717) is 24.4 Å². The van der Waals surface area contributed by atoms with Crippen molar-refractivity contribution in [2.75, 3.05) is 30.9 Å². The minimum Gasteiger partial charge on any atom is -0.477 e. The number of thioether (sulfide) groups is 2. The van der Waals surface area contributed by atoms with Gasteiger partial charge >= 0.3 is 5.97 Å². The highest BCUT2D eigenvalue weighted by Gasteiger charge is 2.54. The molecule has 5 heterocycles. The van der Waals surface area contributed by atoms with E-state index in [-0.39, 0.29) is 22.2 Å². The first-order valence-electron chi connectivity index (χ1n) is 11.7. The van der Waals surface area contributed by atoms with Crippen LogP contribution in [0.15, 0.2) is 57.6 Å². The Hall–Kier alpha value is -3.60. The number of carbonyl (C=O) groups excluding carboxylic acids is 2. The van der Waals surface area contributed by atoms with E-state index in [9.17, 15) is 19.5 Å². The van der Waals surface area contributed by atoms with Gasteiger partial charge in [0.15, 0.2) is 29.8 Å². The number of hydrogen-bond donors (Lipinski definition) is 4. The molecule has 2 aliphatic heterocycles. The van der Waals surface area contributed by atoms with Crippen molar-refractivity contribution in [2.24, 2.45) is 10.9 Å². The van der Waals surface area contributed by atoms with Crippen LogP contribution in [-0.2, 0) is 25.8 Å². The molecule has 2 aliphatic rings. The fraction of sp³-hybridized carbons (Fsp3) is 0.304. The molecule has 5 rings (SSSR count). The van der Waals surface area contributed by atoms with Crippen LogP contribution in [0.2, 0.25) is 0 Å². The van der Waals surface area contributed by atoms with Crippen molar-refractivity contribution in [1.29, 1.82) is 0 Å². The van der Waals surface area contributed by atoms with Crippen molar-refractivity contribution in [2.45, 2.75) is 23.0 Å². The van der Waals surface area contributed by atoms with Crippen molar-refractivity contribution >= 4 is 69.0 Å². The van der Waals surface area contributed by atoms with E-state index in [1.54, 1.807) is 17.1 Å². The predicted octanol–water partition coefficient (Wildman–Crippen LogP) is 0.106. The average molecular weight is 590 g/mol. The lowest BCUT2D eigenvalue weighted by Crippen LogP contribution is -2.71. The summed E-state index contributed by atoms with van der Waals surface area (Å²) in [6, 6.07) is 3.08. The number of carboxylic acids is 1. The number of carbonyl (C=O) groups is 3. The molecule has 3 aromatic rings. The number of carboxylic acid groups (broad SMARTS) is 1. The first-order chi connectivity index (χ1) is 18.8. The third-order valence-electron chi connectivity index (χ3n) is 6.06. The summed E-state index contributed by atoms with van der Waals surface area (Å²) in [4.78, 5) is 48.4. The van der Waals surface area contributed by atoms with E-state index in [1.807, 2.05) is 39.7 Å². The zero-order valence-corrected chi connectivity index (χ0v) is 23.1. The van der Waals surface area contributed by atoms with E-state index in [0.717, 1.165) is 27.6 Å². The number of nitrogen functional groups attached to an aromatic ring is 1. The summed E-state index contributed by atoms with van der Waals surface area (Å²) in [5, 5.41) is 18.7. The molecule has 204 valence electrons. The highest BCUT2D eigenvalue weighted by Crippen LogP contribution is 2.40. The van der Waals surface area contributed by atoms with Crippen LogP contribution in [0.4, 0.5) is 5.13 Å². The maximum atomic E-state index is 13.1. The Morgan fingerprint density at radius 3 is 2.92 bits per heavy atom. The van der Waals surface area contributed by atoms with Gasteiger partial charge < -0.3 is 31.1 Å². The van der Waals surface area contributed by atoms with Gasteiger partial charge in [-0.2, -0.15) is 4.57 Å². The molecule has 2 atom stereocenters. The fourth-order valence-corrected chi connectivity index (χ4v) is 7.06. The number of anilines is 1. The second-order valence-electron chi connectivity index (χ2n) is 8.51. The molecule has 0 saturated carbocycles. The van der Waals surface area contributed by atoms with Crippen LogP contribution in [0.3, 0.4) is 0 Å². The third-order valence-corrected chi connectivity index (χ3v) is 9.14. The molecule has 1 saturated heterocycles. The van der Waals surface area contributed by atoms with Crippen molar-refractivity contribution in [3.8, 4) is 0 Å². The number of nitrogens with zero attached hydrogens (tertiary/aromatic N) is 5. The summed E-state index contributed by atoms with van der Waals surface area (Å²) < 4.78 is 3.94. The standard InChI is InChI=1S/C23H24N8O5S3/c1-36-28-16(14-11-39-23(25)26-14)19(32)27-17-20(33)31-18(22(34)35)12(10-38-21(17)31)8-29-5-6-30-13(9-29)2-3-15(30)37-7-4-24/h2-3,5-6,9,11,17,21H,4,7-8,10,24H2,1H3,(H3-,25,26,27,32,34,35)/p+1/b28-16-/t17-,21+/m1/s1. The molecule has 0 bridgehead atoms. The van der Waals surface area contributed by atoms with E-state index in [2.05, 4.69) is 15.5 Å². The number of oxime groups is 1. The van der Waals surface area contributed by atoms with Crippen LogP contribution >= 0.6 is 34.9 Å². The second kappa shape index (κ2) is 11.3. The molecule has 6 N–H and O–H groups in total. The molecule has 0 aromatic carbocycles. The van der Waals surface area contributed by atoms with Crippen molar-refractivity contribution < 1.29 is 28.9 Å². The number of fused-ring (bicyclic) bond motifs is 2. The highest BCUT2D eigenvalue weighted by atomic mass is 32.2. The largest absolute Gasteiger partial charge is 0.477 e. The smallest absolute Gasteiger partial charge is 0.352 e. The SMILES string of the molecule is CO/N=C(\C(=O)N[C@@H]1C(=O)N2C(C(=O)O)=C(C[n+]3ccn4c(SCCN)ccc4c3)CS[C@@H]12)c1csc(N)n1. The van der Waals surface area contributed by atoms with Crippen molar-refractivity contribution in [1.82, 2.24) is 19.6 Å². The molecular formula is C23H25N8O5S3+. The number of hydrogen-bond acceptors (Lipinski definition) is 11. The van der Waals surface area contributed by atoms with Gasteiger partial charge in [-0.1, -0.05) is 5.16 Å². The van der Waals surface area contributed by atoms with Gasteiger partial charge in [-0.3, -0.25) is 14.5 Å². The Labute approximate surface area is 234 Å². The third kappa shape index (κ3) is 5.19. The first-order valence-corrected chi connectivity index (χ1v) is 14.6. The number of amides is 2. The number of aliphatic carboxylic acids is 1. The molecule has 0 unspecified atom stereocenters. The number of rotatable bonds is 10. The zero-order chi connectivity index (χ0) is 27.7. The molecule has 3 aromatic heterocycles. The predicted molar refractivity (Wildman–Crippen MR) is 147 cm³/mol. The van der Waals surface area contributed by atoms with E-state index in [4.69, 9.17) is 16.3 Å². The van der Waals surface area contributed by atoms with Gasteiger partial charge in [0.1, 0.15) is 35.4 Å². The minimum atomic E-state index is -1.20. The molecule has 2 amide bonds. The topological polar surface area (TPSA) is 182 Å². The zero-order valence-electron chi connectivity index (χ0n) is 20.6. The monoisotopic (exact) mass is 589 g/mol. The van der Waals surface area contributed by atoms with Gasteiger partial charge in [-0.25, -0.2) is 9.78 Å². The van der Waals surface area contributed by atoms with Crippen LogP contribution in [0.25, 0.3) is 5.52 Å². The second-order valence-corrected chi connectivity index (χ2v) is 11.6. The summed E-state index contributed by atoms with van der Waals surface area (Å²) in [5.41, 5.74) is 12.9. The van der Waals surface area contributed by atoms with Gasteiger partial charge in [0.25, 0.3) is 11.8 Å². The maximum Gasteiger partial charge on any atom is 0.352 e. The molecule has 0 spiro atoms. The van der Waals surface area contributed by atoms with Crippen LogP contribution in [0.5, 0.6) is 0 Å². The van der Waals surface area contributed by atoms with Crippen LogP contribution in [0, 0.1) is 0 Å². The number of nitrogens with one attached hydrogen (secondary N) is 1. The summed E-state index contributed by atoms with van der Waals surface area (Å²) in [5.74, 6) is -1.20. The van der Waals surface area contributed by atoms with Gasteiger partial charge in [0.05, 0.1) is 11.2 Å². The number of thiazole rings is 1. The lowest BCUT2D eigenvalue weighted by atomic mass is 10.0. The molecule has 0 radical (unpaired) electrons. The van der Waals surface area contributed by atoms with Gasteiger partial charge in [-0.15, -0.1) is 34.9 Å². The minimum absolute atomic E-state index is 0.0609. The lowest BCUT2D eigenvalue weighted by molar-refractivity contribution is -0.688. The van der Waals surface area contributed by atoms with Gasteiger partial charge in [-0.05, 0) is 12.1 Å². The summed E-state index contributed by atoms with van der Waals surface area (Å²) >= 11 is 4.18. The van der Waals surface area contributed by atoms with E-state index >= 15 is 0 Å². The van der Waals surface area contributed by atoms with Crippen LogP contribution in [0.1, 0.15) is 5.69 Å². The Bertz CT molecular complexity index is 1520. The summed E-state index contributed by atoms with van der Waals surface area (Å²) in [7, 11) is 1.29. The average Bonchev–Trinajstić information content (AvgIpc) is 3.54. The summed E-state index contributed by atoms with van der Waals surface area (Å²) in [6.45, 7) is 0.878. The van der Waals surface area contributed by atoms with Crippen LogP contribution < -0.4 is 21.4 Å². The quantitative estimate of drug-likeness (QED) is 0.0833. The van der Waals surface area contributed by atoms with Crippen molar-refractivity contribution in [3.05, 3.63) is 53.1 Å². The van der Waals surface area contributed by atoms with Crippen molar-refractivity contribution in [3.63, 3.8) is 0 Å². The van der Waals surface area contributed by atoms with E-state index in [1.165, 1.54) is 23.8 Å². The first kappa shape index (κ1) is 27.0. The normalized spacial score (nSPS) is 19.2. The Balaban J connectivity index is 1.33. The van der Waals surface area contributed by atoms with Gasteiger partial charge in [0, 0.05) is 29.0 Å². The molecular weight excluding hydrogens is 565 g/mol.